The highest BCUT2D eigenvalue weighted by atomic mass is 19.4. The zero-order valence-electron chi connectivity index (χ0n) is 20.9. The van der Waals surface area contributed by atoms with Gasteiger partial charge in [0.05, 0.1) is 31.2 Å². The molecule has 1 aliphatic carbocycles. The van der Waals surface area contributed by atoms with E-state index in [0.717, 1.165) is 68.6 Å². The number of carbonyl (C=O) groups excluding carboxylic acids is 1. The van der Waals surface area contributed by atoms with Crippen molar-refractivity contribution in [1.29, 1.82) is 0 Å². The van der Waals surface area contributed by atoms with Gasteiger partial charge < -0.3 is 9.47 Å². The first-order valence-electron chi connectivity index (χ1n) is 12.5. The van der Waals surface area contributed by atoms with E-state index < -0.39 is 17.2 Å². The molecule has 35 heavy (non-hydrogen) atoms. The summed E-state index contributed by atoms with van der Waals surface area (Å²) in [7, 11) is 1.64. The third-order valence-corrected chi connectivity index (χ3v) is 7.00. The number of para-hydroxylation sites is 1. The van der Waals surface area contributed by atoms with Gasteiger partial charge in [-0.15, -0.1) is 0 Å². The summed E-state index contributed by atoms with van der Waals surface area (Å²) in [6.07, 6.45) is 0.323. The van der Waals surface area contributed by atoms with Gasteiger partial charge in [-0.05, 0) is 62.6 Å². The van der Waals surface area contributed by atoms with Gasteiger partial charge in [0.25, 0.3) is 0 Å². The number of piperidine rings is 1. The van der Waals surface area contributed by atoms with Crippen molar-refractivity contribution in [3.05, 3.63) is 59.7 Å². The lowest BCUT2D eigenvalue weighted by molar-refractivity contribution is -0.137. The van der Waals surface area contributed by atoms with Gasteiger partial charge in [0.2, 0.25) is 0 Å². The molecule has 1 aliphatic heterocycles. The fourth-order valence-corrected chi connectivity index (χ4v) is 5.01. The minimum atomic E-state index is -4.35. The zero-order chi connectivity index (χ0) is 25.5. The number of Topliss-reactive ketones (excluding diaryl/α,β-unsaturated/α-hetero) is 1. The van der Waals surface area contributed by atoms with Crippen molar-refractivity contribution in [1.82, 2.24) is 4.90 Å². The van der Waals surface area contributed by atoms with Crippen LogP contribution in [0.5, 0.6) is 11.5 Å². The number of nitrogens with zero attached hydrogens (tertiary/aromatic N) is 1. The molecule has 4 nitrogen and oxygen atoms in total. The first-order chi connectivity index (χ1) is 16.8. The van der Waals surface area contributed by atoms with Crippen molar-refractivity contribution >= 4 is 5.78 Å². The molecule has 0 spiro atoms. The molecule has 2 aromatic carbocycles. The van der Waals surface area contributed by atoms with Crippen molar-refractivity contribution in [3.63, 3.8) is 0 Å². The molecule has 0 aromatic heterocycles. The van der Waals surface area contributed by atoms with E-state index in [9.17, 15) is 18.0 Å². The van der Waals surface area contributed by atoms with Crippen LogP contribution in [0.3, 0.4) is 0 Å². The summed E-state index contributed by atoms with van der Waals surface area (Å²) < 4.78 is 49.5. The molecule has 2 aliphatic rings. The molecule has 1 atom stereocenters. The third kappa shape index (κ3) is 6.37. The van der Waals surface area contributed by atoms with Crippen molar-refractivity contribution in [2.24, 2.45) is 5.92 Å². The Morgan fingerprint density at radius 2 is 1.74 bits per heavy atom. The van der Waals surface area contributed by atoms with Crippen LogP contribution >= 0.6 is 0 Å². The lowest BCUT2D eigenvalue weighted by Gasteiger charge is -2.43. The number of alkyl halides is 3. The number of benzene rings is 2. The SMILES string of the molecule is CC.COc1ccccc1C1(C(=O)CN2CCCC(COc3ccc(C(F)(F)F)cc3)C2)CCC1. The summed E-state index contributed by atoms with van der Waals surface area (Å²) in [5.41, 5.74) is -0.156. The first kappa shape index (κ1) is 27.1. The Balaban J connectivity index is 0.00000167. The van der Waals surface area contributed by atoms with Gasteiger partial charge in [0.1, 0.15) is 11.5 Å². The Morgan fingerprint density at radius 1 is 1.06 bits per heavy atom. The van der Waals surface area contributed by atoms with E-state index in [2.05, 4.69) is 4.90 Å². The molecule has 0 bridgehead atoms. The van der Waals surface area contributed by atoms with E-state index in [4.69, 9.17) is 9.47 Å². The second kappa shape index (κ2) is 11.9. The van der Waals surface area contributed by atoms with Crippen molar-refractivity contribution in [3.8, 4) is 11.5 Å². The Labute approximate surface area is 206 Å². The number of hydrogen-bond donors (Lipinski definition) is 0. The first-order valence-corrected chi connectivity index (χ1v) is 12.5. The standard InChI is InChI=1S/C26H30F3NO3.C2H6/c1-32-23-8-3-2-7-22(23)25(13-5-14-25)24(31)17-30-15-4-6-19(16-30)18-33-21-11-9-20(10-12-21)26(27,28)29;1-2/h2-3,7-12,19H,4-6,13-18H2,1H3;1-2H3. The summed E-state index contributed by atoms with van der Waals surface area (Å²) in [5.74, 6) is 1.67. The van der Waals surface area contributed by atoms with Gasteiger partial charge in [-0.1, -0.05) is 38.5 Å². The number of likely N-dealkylation sites (tertiary alicyclic amines) is 1. The Kier molecular flexibility index (Phi) is 9.22. The average molecular weight is 492 g/mol. The van der Waals surface area contributed by atoms with Crippen LogP contribution in [0.15, 0.2) is 48.5 Å². The topological polar surface area (TPSA) is 38.8 Å². The number of rotatable bonds is 8. The Hall–Kier alpha value is -2.54. The normalized spacial score (nSPS) is 19.7. The molecule has 0 amide bonds. The summed E-state index contributed by atoms with van der Waals surface area (Å²) in [6, 6.07) is 12.6. The third-order valence-electron chi connectivity index (χ3n) is 7.00. The molecular weight excluding hydrogens is 455 g/mol. The molecule has 1 heterocycles. The van der Waals surface area contributed by atoms with E-state index in [1.54, 1.807) is 7.11 Å². The van der Waals surface area contributed by atoms with E-state index in [-0.39, 0.29) is 11.7 Å². The van der Waals surface area contributed by atoms with E-state index in [1.807, 2.05) is 38.1 Å². The van der Waals surface area contributed by atoms with Crippen LogP contribution in [0.1, 0.15) is 57.1 Å². The van der Waals surface area contributed by atoms with Gasteiger partial charge in [0, 0.05) is 18.0 Å². The number of ether oxygens (including phenoxy) is 2. The van der Waals surface area contributed by atoms with Crippen LogP contribution in [0.25, 0.3) is 0 Å². The van der Waals surface area contributed by atoms with Crippen molar-refractivity contribution in [2.45, 2.75) is 57.5 Å². The number of ketones is 1. The minimum Gasteiger partial charge on any atom is -0.496 e. The maximum Gasteiger partial charge on any atom is 0.416 e. The number of methoxy groups -OCH3 is 1. The van der Waals surface area contributed by atoms with Gasteiger partial charge in [-0.2, -0.15) is 13.2 Å². The molecular formula is C28H36F3NO3. The van der Waals surface area contributed by atoms with Gasteiger partial charge in [-0.3, -0.25) is 9.69 Å². The van der Waals surface area contributed by atoms with E-state index in [1.165, 1.54) is 12.1 Å². The van der Waals surface area contributed by atoms with E-state index >= 15 is 0 Å². The molecule has 1 saturated heterocycles. The van der Waals surface area contributed by atoms with Gasteiger partial charge in [-0.25, -0.2) is 0 Å². The minimum absolute atomic E-state index is 0.234. The molecule has 2 aromatic rings. The molecule has 4 rings (SSSR count). The predicted molar refractivity (Wildman–Crippen MR) is 131 cm³/mol. The fraction of sp³-hybridized carbons (Fsp3) is 0.536. The molecule has 0 radical (unpaired) electrons. The highest BCUT2D eigenvalue weighted by molar-refractivity contribution is 5.93. The van der Waals surface area contributed by atoms with Crippen molar-refractivity contribution in [2.75, 3.05) is 33.4 Å². The highest BCUT2D eigenvalue weighted by Crippen LogP contribution is 2.48. The van der Waals surface area contributed by atoms with Crippen LogP contribution in [-0.4, -0.2) is 44.0 Å². The molecule has 1 saturated carbocycles. The molecule has 2 fully saturated rings. The maximum atomic E-state index is 13.5. The number of carbonyl (C=O) groups is 1. The van der Waals surface area contributed by atoms with Crippen LogP contribution in [0, 0.1) is 5.92 Å². The van der Waals surface area contributed by atoms with Crippen LogP contribution in [0.4, 0.5) is 13.2 Å². The quantitative estimate of drug-likeness (QED) is 0.421. The second-order valence-electron chi connectivity index (χ2n) is 9.14. The van der Waals surface area contributed by atoms with E-state index in [0.29, 0.717) is 18.9 Å². The second-order valence-corrected chi connectivity index (χ2v) is 9.14. The van der Waals surface area contributed by atoms with Crippen LogP contribution in [-0.2, 0) is 16.4 Å². The zero-order valence-corrected chi connectivity index (χ0v) is 20.9. The summed E-state index contributed by atoms with van der Waals surface area (Å²) in [5, 5.41) is 0. The number of halogens is 3. The smallest absolute Gasteiger partial charge is 0.416 e. The van der Waals surface area contributed by atoms with Crippen LogP contribution in [0.2, 0.25) is 0 Å². The molecule has 7 heteroatoms. The largest absolute Gasteiger partial charge is 0.496 e. The lowest BCUT2D eigenvalue weighted by Crippen LogP contribution is -2.50. The van der Waals surface area contributed by atoms with Crippen molar-refractivity contribution < 1.29 is 27.4 Å². The Bertz CT molecular complexity index is 955. The van der Waals surface area contributed by atoms with Gasteiger partial charge in [0.15, 0.2) is 5.78 Å². The summed E-state index contributed by atoms with van der Waals surface area (Å²) in [6.45, 7) is 6.43. The average Bonchev–Trinajstić information content (AvgIpc) is 2.83. The lowest BCUT2D eigenvalue weighted by atomic mass is 9.61. The van der Waals surface area contributed by atoms with Crippen LogP contribution < -0.4 is 9.47 Å². The molecule has 192 valence electrons. The summed E-state index contributed by atoms with van der Waals surface area (Å²) in [4.78, 5) is 15.7. The fourth-order valence-electron chi connectivity index (χ4n) is 5.01. The molecule has 0 N–H and O–H groups in total. The predicted octanol–water partition coefficient (Wildman–Crippen LogP) is 6.52. The summed E-state index contributed by atoms with van der Waals surface area (Å²) >= 11 is 0. The highest BCUT2D eigenvalue weighted by Gasteiger charge is 2.47. The maximum absolute atomic E-state index is 13.5. The molecule has 1 unspecified atom stereocenters. The van der Waals surface area contributed by atoms with Gasteiger partial charge >= 0.3 is 6.18 Å². The Morgan fingerprint density at radius 3 is 2.34 bits per heavy atom. The monoisotopic (exact) mass is 491 g/mol. The number of hydrogen-bond acceptors (Lipinski definition) is 4.